The zero-order valence-electron chi connectivity index (χ0n) is 13.1. The normalized spacial score (nSPS) is 10.9. The van der Waals surface area contributed by atoms with E-state index in [9.17, 15) is 4.79 Å². The van der Waals surface area contributed by atoms with Crippen LogP contribution in [0.25, 0.3) is 0 Å². The van der Waals surface area contributed by atoms with Crippen molar-refractivity contribution in [2.45, 2.75) is 33.6 Å². The molecule has 0 fully saturated rings. The number of nitrogens with two attached hydrogens (primary N) is 1. The Labute approximate surface area is 125 Å². The smallest absolute Gasteiger partial charge is 0.267 e. The molecule has 114 valence electrons. The van der Waals surface area contributed by atoms with E-state index in [1.807, 2.05) is 19.0 Å². The summed E-state index contributed by atoms with van der Waals surface area (Å²) in [6.07, 6.45) is 2.02. The lowest BCUT2D eigenvalue weighted by molar-refractivity contribution is 0.0794. The summed E-state index contributed by atoms with van der Waals surface area (Å²) in [7, 11) is 3.79. The van der Waals surface area contributed by atoms with Crippen LogP contribution in [0.15, 0.2) is 0 Å². The molecular formula is C14H26N4OS. The van der Waals surface area contributed by atoms with E-state index >= 15 is 0 Å². The van der Waals surface area contributed by atoms with Gasteiger partial charge in [-0.15, -0.1) is 0 Å². The quantitative estimate of drug-likeness (QED) is 0.840. The Kier molecular flexibility index (Phi) is 6.26. The summed E-state index contributed by atoms with van der Waals surface area (Å²) in [5, 5.41) is 0.810. The van der Waals surface area contributed by atoms with E-state index in [4.69, 9.17) is 5.73 Å². The van der Waals surface area contributed by atoms with Crippen LogP contribution >= 0.6 is 11.3 Å². The van der Waals surface area contributed by atoms with E-state index < -0.39 is 0 Å². The predicted octanol–water partition coefficient (Wildman–Crippen LogP) is 2.69. The fourth-order valence-corrected chi connectivity index (χ4v) is 2.76. The molecule has 1 aromatic heterocycles. The van der Waals surface area contributed by atoms with E-state index in [1.54, 1.807) is 4.90 Å². The maximum Gasteiger partial charge on any atom is 0.267 e. The Balaban J connectivity index is 2.77. The summed E-state index contributed by atoms with van der Waals surface area (Å²) in [4.78, 5) is 21.0. The fraction of sp³-hybridized carbons (Fsp3) is 0.714. The molecule has 1 heterocycles. The Morgan fingerprint density at radius 1 is 1.35 bits per heavy atom. The molecule has 5 nitrogen and oxygen atoms in total. The highest BCUT2D eigenvalue weighted by atomic mass is 32.1. The van der Waals surface area contributed by atoms with Crippen LogP contribution in [0, 0.1) is 5.92 Å². The number of nitrogens with zero attached hydrogens (tertiary/aromatic N) is 3. The van der Waals surface area contributed by atoms with Crippen LogP contribution < -0.4 is 10.6 Å². The van der Waals surface area contributed by atoms with Gasteiger partial charge in [0, 0.05) is 27.2 Å². The van der Waals surface area contributed by atoms with Gasteiger partial charge in [0.15, 0.2) is 5.13 Å². The molecule has 0 radical (unpaired) electrons. The molecule has 0 spiro atoms. The monoisotopic (exact) mass is 298 g/mol. The molecule has 20 heavy (non-hydrogen) atoms. The number of aromatic nitrogens is 1. The van der Waals surface area contributed by atoms with Crippen molar-refractivity contribution >= 4 is 28.2 Å². The van der Waals surface area contributed by atoms with E-state index in [0.717, 1.165) is 31.1 Å². The third-order valence-electron chi connectivity index (χ3n) is 3.11. The molecule has 0 aliphatic carbocycles. The minimum Gasteiger partial charge on any atom is -0.382 e. The first kappa shape index (κ1) is 16.8. The molecule has 0 aromatic carbocycles. The maximum absolute atomic E-state index is 12.4. The molecule has 0 bridgehead atoms. The number of amides is 1. The van der Waals surface area contributed by atoms with Crippen molar-refractivity contribution in [3.05, 3.63) is 4.88 Å². The van der Waals surface area contributed by atoms with E-state index in [0.29, 0.717) is 16.6 Å². The second-order valence-corrected chi connectivity index (χ2v) is 6.52. The van der Waals surface area contributed by atoms with E-state index in [-0.39, 0.29) is 5.91 Å². The number of hydrogen-bond donors (Lipinski definition) is 1. The molecule has 6 heteroatoms. The summed E-state index contributed by atoms with van der Waals surface area (Å²) < 4.78 is 0. The van der Waals surface area contributed by atoms with Crippen molar-refractivity contribution in [1.82, 2.24) is 9.88 Å². The lowest BCUT2D eigenvalue weighted by Gasteiger charge is -2.17. The van der Waals surface area contributed by atoms with Gasteiger partial charge in [0.05, 0.1) is 0 Å². The predicted molar refractivity (Wildman–Crippen MR) is 86.5 cm³/mol. The molecule has 0 unspecified atom stereocenters. The van der Waals surface area contributed by atoms with Crippen molar-refractivity contribution in [2.24, 2.45) is 5.92 Å². The van der Waals surface area contributed by atoms with Crippen LogP contribution in [0.4, 0.5) is 10.9 Å². The van der Waals surface area contributed by atoms with E-state index in [1.165, 1.54) is 11.3 Å². The Bertz CT molecular complexity index is 444. The minimum atomic E-state index is -0.0307. The first-order chi connectivity index (χ1) is 9.36. The van der Waals surface area contributed by atoms with Gasteiger partial charge in [-0.1, -0.05) is 32.1 Å². The molecule has 0 saturated heterocycles. The zero-order valence-corrected chi connectivity index (χ0v) is 14.0. The van der Waals surface area contributed by atoms with Gasteiger partial charge >= 0.3 is 0 Å². The molecule has 0 aliphatic rings. The Hall–Kier alpha value is -1.30. The number of thiazole rings is 1. The highest BCUT2D eigenvalue weighted by Gasteiger charge is 2.21. The largest absolute Gasteiger partial charge is 0.382 e. The van der Waals surface area contributed by atoms with Gasteiger partial charge < -0.3 is 15.5 Å². The van der Waals surface area contributed by atoms with Crippen molar-refractivity contribution in [3.63, 3.8) is 0 Å². The standard InChI is InChI=1S/C14H26N4OS/c1-6-8-18(5)14-16-12(15)11(20-14)13(19)17(4)9-7-10(2)3/h10H,6-9,15H2,1-5H3. The second kappa shape index (κ2) is 7.47. The molecule has 1 rings (SSSR count). The summed E-state index contributed by atoms with van der Waals surface area (Å²) in [5.74, 6) is 0.890. The van der Waals surface area contributed by atoms with Gasteiger partial charge in [-0.05, 0) is 18.8 Å². The summed E-state index contributed by atoms with van der Waals surface area (Å²) in [5.41, 5.74) is 5.90. The van der Waals surface area contributed by atoms with Crippen molar-refractivity contribution in [1.29, 1.82) is 0 Å². The van der Waals surface area contributed by atoms with Gasteiger partial charge in [-0.3, -0.25) is 4.79 Å². The van der Waals surface area contributed by atoms with Gasteiger partial charge in [0.1, 0.15) is 10.7 Å². The first-order valence-corrected chi connectivity index (χ1v) is 7.91. The third-order valence-corrected chi connectivity index (χ3v) is 4.28. The zero-order chi connectivity index (χ0) is 15.3. The molecule has 0 atom stereocenters. The third kappa shape index (κ3) is 4.37. The molecule has 1 amide bonds. The van der Waals surface area contributed by atoms with Crippen LogP contribution in [-0.4, -0.2) is 43.0 Å². The lowest BCUT2D eigenvalue weighted by Crippen LogP contribution is -2.28. The molecule has 0 aliphatic heterocycles. The van der Waals surface area contributed by atoms with Gasteiger partial charge in [-0.2, -0.15) is 0 Å². The number of rotatable bonds is 7. The number of nitrogen functional groups attached to an aromatic ring is 1. The highest BCUT2D eigenvalue weighted by molar-refractivity contribution is 7.18. The summed E-state index contributed by atoms with van der Waals surface area (Å²) in [6, 6.07) is 0. The summed E-state index contributed by atoms with van der Waals surface area (Å²) >= 11 is 1.38. The number of hydrogen-bond acceptors (Lipinski definition) is 5. The van der Waals surface area contributed by atoms with Gasteiger partial charge in [0.2, 0.25) is 0 Å². The Morgan fingerprint density at radius 2 is 2.00 bits per heavy atom. The first-order valence-electron chi connectivity index (χ1n) is 7.09. The summed E-state index contributed by atoms with van der Waals surface area (Å²) in [6.45, 7) is 8.06. The van der Waals surface area contributed by atoms with Crippen LogP contribution in [-0.2, 0) is 0 Å². The number of carbonyl (C=O) groups is 1. The maximum atomic E-state index is 12.4. The highest BCUT2D eigenvalue weighted by Crippen LogP contribution is 2.28. The van der Waals surface area contributed by atoms with Crippen LogP contribution in [0.1, 0.15) is 43.3 Å². The minimum absolute atomic E-state index is 0.0307. The second-order valence-electron chi connectivity index (χ2n) is 5.54. The average Bonchev–Trinajstić information content (AvgIpc) is 2.77. The number of anilines is 2. The van der Waals surface area contributed by atoms with Crippen molar-refractivity contribution in [2.75, 3.05) is 37.8 Å². The van der Waals surface area contributed by atoms with E-state index in [2.05, 4.69) is 25.8 Å². The number of carbonyl (C=O) groups excluding carboxylic acids is 1. The van der Waals surface area contributed by atoms with Crippen LogP contribution in [0.5, 0.6) is 0 Å². The van der Waals surface area contributed by atoms with Gasteiger partial charge in [-0.25, -0.2) is 4.98 Å². The lowest BCUT2D eigenvalue weighted by atomic mass is 10.1. The van der Waals surface area contributed by atoms with Crippen LogP contribution in [0.2, 0.25) is 0 Å². The molecule has 2 N–H and O–H groups in total. The topological polar surface area (TPSA) is 62.5 Å². The van der Waals surface area contributed by atoms with Crippen LogP contribution in [0.3, 0.4) is 0 Å². The Morgan fingerprint density at radius 3 is 2.55 bits per heavy atom. The van der Waals surface area contributed by atoms with Crippen molar-refractivity contribution in [3.8, 4) is 0 Å². The molecule has 1 aromatic rings. The van der Waals surface area contributed by atoms with Crippen molar-refractivity contribution < 1.29 is 4.79 Å². The molecular weight excluding hydrogens is 272 g/mol. The van der Waals surface area contributed by atoms with Gasteiger partial charge in [0.25, 0.3) is 5.91 Å². The average molecular weight is 298 g/mol. The fourth-order valence-electron chi connectivity index (χ4n) is 1.79. The SMILES string of the molecule is CCCN(C)c1nc(N)c(C(=O)N(C)CCC(C)C)s1. The molecule has 0 saturated carbocycles.